The molecule has 0 amide bonds. The molecular weight excluding hydrogens is 296 g/mol. The van der Waals surface area contributed by atoms with Crippen molar-refractivity contribution >= 4 is 29.2 Å². The molecule has 2 rings (SSSR count). The molecular formula is C16H24N4OS. The number of benzene rings is 1. The molecule has 1 heterocycles. The van der Waals surface area contributed by atoms with Crippen molar-refractivity contribution in [3.63, 3.8) is 0 Å². The van der Waals surface area contributed by atoms with E-state index in [4.69, 9.17) is 17.0 Å². The second kappa shape index (κ2) is 9.38. The van der Waals surface area contributed by atoms with E-state index >= 15 is 0 Å². The highest BCUT2D eigenvalue weighted by Crippen LogP contribution is 2.19. The molecule has 0 bridgehead atoms. The van der Waals surface area contributed by atoms with Crippen molar-refractivity contribution in [3.05, 3.63) is 29.8 Å². The van der Waals surface area contributed by atoms with E-state index in [1.54, 1.807) is 13.3 Å². The van der Waals surface area contributed by atoms with Gasteiger partial charge in [0.05, 0.1) is 12.8 Å². The normalized spacial score (nSPS) is 15.0. The summed E-state index contributed by atoms with van der Waals surface area (Å²) in [5.74, 6) is 0. The van der Waals surface area contributed by atoms with Crippen molar-refractivity contribution in [1.29, 1.82) is 0 Å². The predicted molar refractivity (Wildman–Crippen MR) is 95.7 cm³/mol. The van der Waals surface area contributed by atoms with E-state index in [2.05, 4.69) is 45.0 Å². The maximum atomic E-state index is 5.09. The molecule has 1 aliphatic rings. The SMILES string of the molecule is COCCNC(=S)N/N=C\c1ccc(N2CCCCC2)cc1. The molecule has 120 valence electrons. The zero-order chi connectivity index (χ0) is 15.6. The first kappa shape index (κ1) is 16.7. The van der Waals surface area contributed by atoms with Gasteiger partial charge in [0, 0.05) is 32.4 Å². The molecule has 0 radical (unpaired) electrons. The maximum absolute atomic E-state index is 5.09. The number of nitrogens with one attached hydrogen (secondary N) is 2. The Hall–Kier alpha value is -1.66. The van der Waals surface area contributed by atoms with Gasteiger partial charge in [-0.25, -0.2) is 0 Å². The van der Waals surface area contributed by atoms with E-state index in [1.807, 2.05) is 0 Å². The lowest BCUT2D eigenvalue weighted by Gasteiger charge is -2.28. The van der Waals surface area contributed by atoms with Gasteiger partial charge in [0.1, 0.15) is 0 Å². The summed E-state index contributed by atoms with van der Waals surface area (Å²) in [6.45, 7) is 3.61. The first-order valence-electron chi connectivity index (χ1n) is 7.70. The van der Waals surface area contributed by atoms with Crippen LogP contribution in [0.3, 0.4) is 0 Å². The van der Waals surface area contributed by atoms with E-state index < -0.39 is 0 Å². The number of hydrazone groups is 1. The van der Waals surface area contributed by atoms with Crippen LogP contribution in [0.1, 0.15) is 24.8 Å². The molecule has 6 heteroatoms. The van der Waals surface area contributed by atoms with Crippen LogP contribution in [0.15, 0.2) is 29.4 Å². The highest BCUT2D eigenvalue weighted by Gasteiger charge is 2.10. The standard InChI is InChI=1S/C16H24N4OS/c1-21-12-9-17-16(22)19-18-13-14-5-7-15(8-6-14)20-10-3-2-4-11-20/h5-8,13H,2-4,9-12H2,1H3,(H2,17,19,22)/b18-13-. The van der Waals surface area contributed by atoms with E-state index in [-0.39, 0.29) is 0 Å². The summed E-state index contributed by atoms with van der Waals surface area (Å²) in [5.41, 5.74) is 5.13. The summed E-state index contributed by atoms with van der Waals surface area (Å²) in [5, 5.41) is 7.62. The van der Waals surface area contributed by atoms with Crippen LogP contribution in [0.5, 0.6) is 0 Å². The number of nitrogens with zero attached hydrogens (tertiary/aromatic N) is 2. The highest BCUT2D eigenvalue weighted by atomic mass is 32.1. The molecule has 5 nitrogen and oxygen atoms in total. The monoisotopic (exact) mass is 320 g/mol. The Bertz CT molecular complexity index is 483. The third kappa shape index (κ3) is 5.61. The van der Waals surface area contributed by atoms with Crippen molar-refractivity contribution in [2.75, 3.05) is 38.3 Å². The predicted octanol–water partition coefficient (Wildman–Crippen LogP) is 2.12. The van der Waals surface area contributed by atoms with Crippen LogP contribution in [0.25, 0.3) is 0 Å². The van der Waals surface area contributed by atoms with E-state index in [0.717, 1.165) is 18.7 Å². The summed E-state index contributed by atoms with van der Waals surface area (Å²) in [6.07, 6.45) is 5.71. The molecule has 0 aliphatic carbocycles. The van der Waals surface area contributed by atoms with Crippen molar-refractivity contribution in [1.82, 2.24) is 10.7 Å². The molecule has 0 spiro atoms. The smallest absolute Gasteiger partial charge is 0.187 e. The van der Waals surface area contributed by atoms with Crippen LogP contribution in [0.4, 0.5) is 5.69 Å². The molecule has 0 atom stereocenters. The third-order valence-electron chi connectivity index (χ3n) is 3.59. The number of hydrogen-bond acceptors (Lipinski definition) is 4. The quantitative estimate of drug-likeness (QED) is 0.364. The number of rotatable bonds is 6. The maximum Gasteiger partial charge on any atom is 0.187 e. The number of hydrogen-bond donors (Lipinski definition) is 2. The molecule has 1 aromatic rings. The fourth-order valence-corrected chi connectivity index (χ4v) is 2.55. The molecule has 0 saturated carbocycles. The lowest BCUT2D eigenvalue weighted by molar-refractivity contribution is 0.204. The van der Waals surface area contributed by atoms with Crippen LogP contribution in [0, 0.1) is 0 Å². The Kier molecular flexibility index (Phi) is 7.12. The Balaban J connectivity index is 1.78. The Morgan fingerprint density at radius 2 is 2.00 bits per heavy atom. The fraction of sp³-hybridized carbons (Fsp3) is 0.500. The first-order chi connectivity index (χ1) is 10.8. The summed E-state index contributed by atoms with van der Waals surface area (Å²) in [4.78, 5) is 2.44. The number of thiocarbonyl (C=S) groups is 1. The van der Waals surface area contributed by atoms with Gasteiger partial charge in [-0.1, -0.05) is 12.1 Å². The van der Waals surface area contributed by atoms with Crippen molar-refractivity contribution in [3.8, 4) is 0 Å². The van der Waals surface area contributed by atoms with Gasteiger partial charge in [0.2, 0.25) is 0 Å². The van der Waals surface area contributed by atoms with Gasteiger partial charge < -0.3 is 15.0 Å². The fourth-order valence-electron chi connectivity index (χ4n) is 2.39. The van der Waals surface area contributed by atoms with Crippen molar-refractivity contribution in [2.45, 2.75) is 19.3 Å². The topological polar surface area (TPSA) is 48.9 Å². The van der Waals surface area contributed by atoms with Gasteiger partial charge in [0.25, 0.3) is 0 Å². The van der Waals surface area contributed by atoms with Gasteiger partial charge in [-0.05, 0) is 49.2 Å². The summed E-state index contributed by atoms with van der Waals surface area (Å²) >= 11 is 5.09. The van der Waals surface area contributed by atoms with E-state index in [0.29, 0.717) is 18.3 Å². The molecule has 2 N–H and O–H groups in total. The second-order valence-corrected chi connectivity index (χ2v) is 5.67. The van der Waals surface area contributed by atoms with Crippen LogP contribution in [-0.2, 0) is 4.74 Å². The molecule has 1 saturated heterocycles. The summed E-state index contributed by atoms with van der Waals surface area (Å²) in [6, 6.07) is 8.47. The molecule has 0 unspecified atom stereocenters. The largest absolute Gasteiger partial charge is 0.383 e. The minimum atomic E-state index is 0.498. The van der Waals surface area contributed by atoms with Crippen molar-refractivity contribution in [2.24, 2.45) is 5.10 Å². The van der Waals surface area contributed by atoms with Gasteiger partial charge in [0.15, 0.2) is 5.11 Å². The molecule has 1 aromatic carbocycles. The minimum Gasteiger partial charge on any atom is -0.383 e. The third-order valence-corrected chi connectivity index (χ3v) is 3.82. The molecule has 1 aliphatic heterocycles. The Morgan fingerprint density at radius 3 is 2.68 bits per heavy atom. The Morgan fingerprint density at radius 1 is 1.27 bits per heavy atom. The van der Waals surface area contributed by atoms with Crippen LogP contribution in [0.2, 0.25) is 0 Å². The summed E-state index contributed by atoms with van der Waals surface area (Å²) < 4.78 is 4.93. The van der Waals surface area contributed by atoms with Gasteiger partial charge in [-0.2, -0.15) is 5.10 Å². The van der Waals surface area contributed by atoms with Gasteiger partial charge in [-0.15, -0.1) is 0 Å². The minimum absolute atomic E-state index is 0.498. The number of anilines is 1. The van der Waals surface area contributed by atoms with E-state index in [1.165, 1.54) is 24.9 Å². The van der Waals surface area contributed by atoms with Gasteiger partial charge >= 0.3 is 0 Å². The van der Waals surface area contributed by atoms with Gasteiger partial charge in [-0.3, -0.25) is 5.43 Å². The van der Waals surface area contributed by atoms with Crippen LogP contribution in [-0.4, -0.2) is 44.7 Å². The first-order valence-corrected chi connectivity index (χ1v) is 8.11. The number of methoxy groups -OCH3 is 1. The molecule has 1 fully saturated rings. The van der Waals surface area contributed by atoms with E-state index in [9.17, 15) is 0 Å². The lowest BCUT2D eigenvalue weighted by Crippen LogP contribution is -2.34. The number of ether oxygens (including phenoxy) is 1. The average Bonchev–Trinajstić information content (AvgIpc) is 2.57. The summed E-state index contributed by atoms with van der Waals surface area (Å²) in [7, 11) is 1.66. The second-order valence-electron chi connectivity index (χ2n) is 5.26. The van der Waals surface area contributed by atoms with Crippen LogP contribution >= 0.6 is 12.2 Å². The Labute approximate surface area is 137 Å². The highest BCUT2D eigenvalue weighted by molar-refractivity contribution is 7.80. The number of piperidine rings is 1. The molecule has 22 heavy (non-hydrogen) atoms. The van der Waals surface area contributed by atoms with Crippen LogP contribution < -0.4 is 15.6 Å². The van der Waals surface area contributed by atoms with Crippen molar-refractivity contribution < 1.29 is 4.74 Å². The average molecular weight is 320 g/mol. The lowest BCUT2D eigenvalue weighted by atomic mass is 10.1. The zero-order valence-corrected chi connectivity index (χ0v) is 13.9. The molecule has 0 aromatic heterocycles. The zero-order valence-electron chi connectivity index (χ0n) is 13.0.